The van der Waals surface area contributed by atoms with E-state index in [2.05, 4.69) is 10.4 Å². The second-order valence-corrected chi connectivity index (χ2v) is 7.89. The Balaban J connectivity index is 1.26. The summed E-state index contributed by atoms with van der Waals surface area (Å²) in [5.41, 5.74) is 3.74. The monoisotopic (exact) mass is 404 g/mol. The Bertz CT molecular complexity index is 1050. The Hall–Kier alpha value is -3.35. The molecule has 7 nitrogen and oxygen atoms in total. The van der Waals surface area contributed by atoms with E-state index in [0.717, 1.165) is 49.0 Å². The fourth-order valence-electron chi connectivity index (χ4n) is 4.44. The summed E-state index contributed by atoms with van der Waals surface area (Å²) < 4.78 is 7.13. The molecule has 1 aliphatic carbocycles. The number of nitrogens with zero attached hydrogens (tertiary/aromatic N) is 3. The molecule has 0 atom stereocenters. The maximum atomic E-state index is 13.0. The lowest BCUT2D eigenvalue weighted by Crippen LogP contribution is -2.46. The molecule has 0 saturated carbocycles. The number of carbonyl (C=O) groups excluding carboxylic acids is 2. The molecule has 1 aliphatic heterocycles. The van der Waals surface area contributed by atoms with Crippen molar-refractivity contribution in [2.75, 3.05) is 13.1 Å². The van der Waals surface area contributed by atoms with Crippen molar-refractivity contribution in [1.82, 2.24) is 20.0 Å². The van der Waals surface area contributed by atoms with Crippen LogP contribution in [-0.2, 0) is 12.8 Å². The first-order valence-corrected chi connectivity index (χ1v) is 10.5. The fourth-order valence-corrected chi connectivity index (χ4v) is 4.44. The largest absolute Gasteiger partial charge is 0.459 e. The van der Waals surface area contributed by atoms with Gasteiger partial charge in [0.05, 0.1) is 12.0 Å². The number of para-hydroxylation sites is 1. The molecule has 1 N–H and O–H groups in total. The SMILES string of the molecule is O=C(NC1CCN(C(=O)c2ccco2)CC1)c1nn(-c2ccccc2)c2c1CCC2. The van der Waals surface area contributed by atoms with Gasteiger partial charge in [-0.2, -0.15) is 5.10 Å². The number of carbonyl (C=O) groups is 2. The van der Waals surface area contributed by atoms with Crippen molar-refractivity contribution in [2.24, 2.45) is 0 Å². The van der Waals surface area contributed by atoms with E-state index in [-0.39, 0.29) is 17.9 Å². The minimum Gasteiger partial charge on any atom is -0.459 e. The predicted octanol–water partition coefficient (Wildman–Crippen LogP) is 2.99. The number of hydrogen-bond donors (Lipinski definition) is 1. The average molecular weight is 404 g/mol. The summed E-state index contributed by atoms with van der Waals surface area (Å²) in [5.74, 6) is 0.155. The van der Waals surface area contributed by atoms with Gasteiger partial charge in [0.25, 0.3) is 11.8 Å². The molecule has 0 spiro atoms. The van der Waals surface area contributed by atoms with Crippen molar-refractivity contribution in [3.63, 3.8) is 0 Å². The van der Waals surface area contributed by atoms with Crippen molar-refractivity contribution < 1.29 is 14.0 Å². The Morgan fingerprint density at radius 3 is 2.57 bits per heavy atom. The molecule has 0 unspecified atom stereocenters. The first kappa shape index (κ1) is 18.7. The van der Waals surface area contributed by atoms with Gasteiger partial charge in [0.1, 0.15) is 0 Å². The third-order valence-corrected chi connectivity index (χ3v) is 6.00. The maximum Gasteiger partial charge on any atom is 0.289 e. The number of likely N-dealkylation sites (tertiary alicyclic amines) is 1. The van der Waals surface area contributed by atoms with Gasteiger partial charge >= 0.3 is 0 Å². The number of furan rings is 1. The van der Waals surface area contributed by atoms with Crippen molar-refractivity contribution in [3.05, 3.63) is 71.4 Å². The average Bonchev–Trinajstić information content (AvgIpc) is 3.52. The lowest BCUT2D eigenvalue weighted by molar-refractivity contribution is 0.0667. The molecule has 7 heteroatoms. The molecule has 0 radical (unpaired) electrons. The third kappa shape index (κ3) is 3.40. The summed E-state index contributed by atoms with van der Waals surface area (Å²) in [6.07, 6.45) is 5.83. The number of piperidine rings is 1. The molecule has 2 amide bonds. The standard InChI is InChI=1S/C23H24N4O3/c28-22(24-16-11-13-26(14-12-16)23(29)20-10-5-15-30-20)21-18-8-4-9-19(18)27(25-21)17-6-2-1-3-7-17/h1-3,5-7,10,15-16H,4,8-9,11-14H2,(H,24,28). The molecule has 154 valence electrons. The van der Waals surface area contributed by atoms with Gasteiger partial charge in [0.15, 0.2) is 11.5 Å². The number of hydrogen-bond acceptors (Lipinski definition) is 4. The van der Waals surface area contributed by atoms with Gasteiger partial charge < -0.3 is 14.6 Å². The van der Waals surface area contributed by atoms with E-state index in [1.165, 1.54) is 6.26 Å². The van der Waals surface area contributed by atoms with Gasteiger partial charge in [-0.05, 0) is 56.4 Å². The number of benzene rings is 1. The number of fused-ring (bicyclic) bond motifs is 1. The van der Waals surface area contributed by atoms with Crippen LogP contribution in [0.3, 0.4) is 0 Å². The zero-order chi connectivity index (χ0) is 20.5. The van der Waals surface area contributed by atoms with E-state index < -0.39 is 0 Å². The van der Waals surface area contributed by atoms with Gasteiger partial charge in [-0.3, -0.25) is 9.59 Å². The van der Waals surface area contributed by atoms with Crippen LogP contribution >= 0.6 is 0 Å². The molecular formula is C23H24N4O3. The Morgan fingerprint density at radius 1 is 1.03 bits per heavy atom. The van der Waals surface area contributed by atoms with Crippen LogP contribution in [0.5, 0.6) is 0 Å². The van der Waals surface area contributed by atoms with E-state index in [1.807, 2.05) is 35.0 Å². The summed E-state index contributed by atoms with van der Waals surface area (Å²) in [6.45, 7) is 1.20. The molecule has 1 fully saturated rings. The lowest BCUT2D eigenvalue weighted by atomic mass is 10.0. The minimum absolute atomic E-state index is 0.0390. The molecule has 30 heavy (non-hydrogen) atoms. The highest BCUT2D eigenvalue weighted by molar-refractivity contribution is 5.94. The van der Waals surface area contributed by atoms with Gasteiger partial charge in [0.2, 0.25) is 0 Å². The van der Waals surface area contributed by atoms with Gasteiger partial charge in [-0.15, -0.1) is 0 Å². The molecule has 3 heterocycles. The van der Waals surface area contributed by atoms with E-state index in [4.69, 9.17) is 4.42 Å². The van der Waals surface area contributed by atoms with Crippen LogP contribution in [-0.4, -0.2) is 45.6 Å². The van der Waals surface area contributed by atoms with E-state index in [9.17, 15) is 9.59 Å². The van der Waals surface area contributed by atoms with Crippen LogP contribution in [0, 0.1) is 0 Å². The summed E-state index contributed by atoms with van der Waals surface area (Å²) >= 11 is 0. The van der Waals surface area contributed by atoms with Crippen molar-refractivity contribution >= 4 is 11.8 Å². The molecule has 1 saturated heterocycles. The first-order valence-electron chi connectivity index (χ1n) is 10.5. The number of amides is 2. The van der Waals surface area contributed by atoms with Crippen LogP contribution in [0.4, 0.5) is 0 Å². The van der Waals surface area contributed by atoms with Gasteiger partial charge in [-0.1, -0.05) is 18.2 Å². The molecule has 2 aliphatic rings. The number of rotatable bonds is 4. The summed E-state index contributed by atoms with van der Waals surface area (Å²) in [7, 11) is 0. The highest BCUT2D eigenvalue weighted by Crippen LogP contribution is 2.28. The fraction of sp³-hybridized carbons (Fsp3) is 0.348. The maximum absolute atomic E-state index is 13.0. The normalized spacial score (nSPS) is 16.5. The summed E-state index contributed by atoms with van der Waals surface area (Å²) in [6, 6.07) is 13.4. The van der Waals surface area contributed by atoms with E-state index in [1.54, 1.807) is 17.0 Å². The van der Waals surface area contributed by atoms with Crippen LogP contribution in [0.15, 0.2) is 53.1 Å². The van der Waals surface area contributed by atoms with Gasteiger partial charge in [-0.25, -0.2) is 4.68 Å². The predicted molar refractivity (Wildman–Crippen MR) is 111 cm³/mol. The second kappa shape index (κ2) is 7.82. The number of aromatic nitrogens is 2. The highest BCUT2D eigenvalue weighted by atomic mass is 16.3. The zero-order valence-electron chi connectivity index (χ0n) is 16.7. The molecule has 1 aromatic carbocycles. The Kier molecular flexibility index (Phi) is 4.86. The summed E-state index contributed by atoms with van der Waals surface area (Å²) in [5, 5.41) is 7.82. The van der Waals surface area contributed by atoms with Crippen LogP contribution in [0.25, 0.3) is 5.69 Å². The quantitative estimate of drug-likeness (QED) is 0.725. The lowest BCUT2D eigenvalue weighted by Gasteiger charge is -2.31. The minimum atomic E-state index is -0.112. The molecule has 2 aromatic heterocycles. The Labute approximate surface area is 174 Å². The third-order valence-electron chi connectivity index (χ3n) is 6.00. The zero-order valence-corrected chi connectivity index (χ0v) is 16.7. The van der Waals surface area contributed by atoms with E-state index >= 15 is 0 Å². The smallest absolute Gasteiger partial charge is 0.289 e. The van der Waals surface area contributed by atoms with Crippen molar-refractivity contribution in [3.8, 4) is 5.69 Å². The highest BCUT2D eigenvalue weighted by Gasteiger charge is 2.30. The first-order chi connectivity index (χ1) is 14.7. The van der Waals surface area contributed by atoms with Crippen LogP contribution < -0.4 is 5.32 Å². The Morgan fingerprint density at radius 2 is 1.83 bits per heavy atom. The van der Waals surface area contributed by atoms with Gasteiger partial charge in [0, 0.05) is 30.4 Å². The molecule has 3 aromatic rings. The number of nitrogens with one attached hydrogen (secondary N) is 1. The van der Waals surface area contributed by atoms with Crippen molar-refractivity contribution in [1.29, 1.82) is 0 Å². The second-order valence-electron chi connectivity index (χ2n) is 7.89. The van der Waals surface area contributed by atoms with E-state index in [0.29, 0.717) is 24.5 Å². The van der Waals surface area contributed by atoms with Crippen LogP contribution in [0.2, 0.25) is 0 Å². The van der Waals surface area contributed by atoms with Crippen LogP contribution in [0.1, 0.15) is 51.6 Å². The summed E-state index contributed by atoms with van der Waals surface area (Å²) in [4.78, 5) is 27.2. The molecular weight excluding hydrogens is 380 g/mol. The topological polar surface area (TPSA) is 80.4 Å². The van der Waals surface area contributed by atoms with Crippen molar-refractivity contribution in [2.45, 2.75) is 38.1 Å². The molecule has 0 bridgehead atoms. The molecule has 5 rings (SSSR count).